The molecule has 0 radical (unpaired) electrons. The number of hydrogen-bond donors (Lipinski definition) is 0. The van der Waals surface area contributed by atoms with E-state index in [4.69, 9.17) is 9.47 Å². The van der Waals surface area contributed by atoms with Crippen LogP contribution in [-0.4, -0.2) is 18.5 Å². The van der Waals surface area contributed by atoms with E-state index in [0.717, 1.165) is 17.7 Å². The molecule has 0 saturated heterocycles. The predicted molar refractivity (Wildman–Crippen MR) is 95.7 cm³/mol. The van der Waals surface area contributed by atoms with Crippen molar-refractivity contribution in [3.8, 4) is 17.6 Å². The van der Waals surface area contributed by atoms with Crippen LogP contribution in [0.5, 0.6) is 11.5 Å². The number of nitrogens with zero attached hydrogens (tertiary/aromatic N) is 1. The lowest BCUT2D eigenvalue weighted by molar-refractivity contribution is 0.104. The van der Waals surface area contributed by atoms with E-state index in [2.05, 4.69) is 0 Å². The predicted octanol–water partition coefficient (Wildman–Crippen LogP) is 4.34. The van der Waals surface area contributed by atoms with E-state index in [1.807, 2.05) is 26.0 Å². The third-order valence-corrected chi connectivity index (χ3v) is 4.10. The molecule has 5 heteroatoms. The lowest BCUT2D eigenvalue weighted by Crippen LogP contribution is -2.05. The van der Waals surface area contributed by atoms with Crippen molar-refractivity contribution in [3.05, 3.63) is 64.5 Å². The number of fused-ring (bicyclic) bond motifs is 1. The molecule has 0 bridgehead atoms. The van der Waals surface area contributed by atoms with E-state index in [-0.39, 0.29) is 17.2 Å². The van der Waals surface area contributed by atoms with Crippen LogP contribution >= 0.6 is 0 Å². The number of rotatable bonds is 5. The molecule has 1 aliphatic heterocycles. The van der Waals surface area contributed by atoms with Gasteiger partial charge in [0.05, 0.1) is 6.61 Å². The molecular weight excluding hydrogens is 333 g/mol. The van der Waals surface area contributed by atoms with Gasteiger partial charge in [-0.1, -0.05) is 0 Å². The molecule has 132 valence electrons. The van der Waals surface area contributed by atoms with Gasteiger partial charge in [0.25, 0.3) is 0 Å². The van der Waals surface area contributed by atoms with Gasteiger partial charge in [-0.05, 0) is 56.3 Å². The van der Waals surface area contributed by atoms with Crippen molar-refractivity contribution >= 4 is 11.9 Å². The number of Topliss-reactive ketones (excluding diaryl/α,β-unsaturated/α-hetero) is 1. The molecule has 0 fully saturated rings. The summed E-state index contributed by atoms with van der Waals surface area (Å²) < 4.78 is 24.5. The molecule has 3 rings (SSSR count). The molecule has 1 aliphatic rings. The van der Waals surface area contributed by atoms with E-state index >= 15 is 0 Å². The zero-order chi connectivity index (χ0) is 18.7. The molecule has 1 heterocycles. The van der Waals surface area contributed by atoms with Gasteiger partial charge in [-0.2, -0.15) is 5.26 Å². The van der Waals surface area contributed by atoms with Crippen LogP contribution in [0, 0.1) is 17.1 Å². The third kappa shape index (κ3) is 3.60. The minimum atomic E-state index is -0.468. The summed E-state index contributed by atoms with van der Waals surface area (Å²) in [6.45, 7) is 4.31. The SMILES string of the molecule is CCOc1cc2c(cc1/C=C(\C#N)C(=O)c1ccc(F)cc1)O[C@@H](C)C2. The summed E-state index contributed by atoms with van der Waals surface area (Å²) in [7, 11) is 0. The van der Waals surface area contributed by atoms with Gasteiger partial charge in [0, 0.05) is 23.1 Å². The smallest absolute Gasteiger partial charge is 0.203 e. The van der Waals surface area contributed by atoms with Crippen LogP contribution in [0.1, 0.15) is 35.3 Å². The molecule has 0 spiro atoms. The first-order chi connectivity index (χ1) is 12.5. The van der Waals surface area contributed by atoms with Gasteiger partial charge < -0.3 is 9.47 Å². The normalized spacial score (nSPS) is 15.8. The van der Waals surface area contributed by atoms with E-state index in [0.29, 0.717) is 17.9 Å². The standard InChI is InChI=1S/C21H18FNO3/c1-3-25-19-10-15-8-13(2)26-20(15)11-16(19)9-17(12-23)21(24)14-4-6-18(22)7-5-14/h4-7,9-11,13H,3,8H2,1-2H3/b17-9+/t13-/m0/s1. The van der Waals surface area contributed by atoms with Gasteiger partial charge in [-0.25, -0.2) is 4.39 Å². The second-order valence-corrected chi connectivity index (χ2v) is 6.07. The van der Waals surface area contributed by atoms with Crippen LogP contribution in [0.3, 0.4) is 0 Å². The Hall–Kier alpha value is -3.13. The maximum Gasteiger partial charge on any atom is 0.203 e. The van der Waals surface area contributed by atoms with Gasteiger partial charge in [-0.15, -0.1) is 0 Å². The van der Waals surface area contributed by atoms with Gasteiger partial charge in [0.15, 0.2) is 0 Å². The number of halogens is 1. The lowest BCUT2D eigenvalue weighted by atomic mass is 10.00. The number of hydrogen-bond acceptors (Lipinski definition) is 4. The van der Waals surface area contributed by atoms with Crippen molar-refractivity contribution in [2.45, 2.75) is 26.4 Å². The second kappa shape index (κ2) is 7.40. The quantitative estimate of drug-likeness (QED) is 0.457. The highest BCUT2D eigenvalue weighted by atomic mass is 19.1. The summed E-state index contributed by atoms with van der Waals surface area (Å²) in [5, 5.41) is 9.44. The Kier molecular flexibility index (Phi) is 5.04. The van der Waals surface area contributed by atoms with Crippen LogP contribution in [0.15, 0.2) is 42.0 Å². The highest BCUT2D eigenvalue weighted by Gasteiger charge is 2.22. The van der Waals surface area contributed by atoms with Crippen LogP contribution in [0.2, 0.25) is 0 Å². The minimum Gasteiger partial charge on any atom is -0.493 e. The van der Waals surface area contributed by atoms with Crippen LogP contribution in [-0.2, 0) is 6.42 Å². The number of allylic oxidation sites excluding steroid dienone is 1. The zero-order valence-electron chi connectivity index (χ0n) is 14.6. The van der Waals surface area contributed by atoms with Gasteiger partial charge in [0.2, 0.25) is 5.78 Å². The Labute approximate surface area is 151 Å². The van der Waals surface area contributed by atoms with Crippen LogP contribution < -0.4 is 9.47 Å². The number of benzene rings is 2. The highest BCUT2D eigenvalue weighted by Crippen LogP contribution is 2.36. The molecule has 0 N–H and O–H groups in total. The fourth-order valence-corrected chi connectivity index (χ4v) is 2.91. The molecule has 1 atom stereocenters. The van der Waals surface area contributed by atoms with Gasteiger partial charge in [-0.3, -0.25) is 4.79 Å². The van der Waals surface area contributed by atoms with Crippen molar-refractivity contribution in [2.75, 3.05) is 6.61 Å². The molecule has 0 saturated carbocycles. The minimum absolute atomic E-state index is 0.0523. The van der Waals surface area contributed by atoms with Gasteiger partial charge in [0.1, 0.15) is 35.1 Å². The van der Waals surface area contributed by atoms with Crippen molar-refractivity contribution in [1.82, 2.24) is 0 Å². The van der Waals surface area contributed by atoms with Crippen LogP contribution in [0.25, 0.3) is 6.08 Å². The fourth-order valence-electron chi connectivity index (χ4n) is 2.91. The Balaban J connectivity index is 2.01. The van der Waals surface area contributed by atoms with E-state index in [9.17, 15) is 14.4 Å². The third-order valence-electron chi connectivity index (χ3n) is 4.10. The summed E-state index contributed by atoms with van der Waals surface area (Å²) in [6, 6.07) is 10.7. The first-order valence-electron chi connectivity index (χ1n) is 8.40. The van der Waals surface area contributed by atoms with Crippen molar-refractivity contribution in [2.24, 2.45) is 0 Å². The van der Waals surface area contributed by atoms with E-state index in [1.165, 1.54) is 30.3 Å². The Morgan fingerprint density at radius 2 is 2.12 bits per heavy atom. The largest absolute Gasteiger partial charge is 0.493 e. The molecule has 0 aromatic heterocycles. The van der Waals surface area contributed by atoms with Crippen molar-refractivity contribution < 1.29 is 18.7 Å². The number of ketones is 1. The summed E-state index contributed by atoms with van der Waals surface area (Å²) in [4.78, 5) is 12.6. The number of ether oxygens (including phenoxy) is 2. The molecule has 2 aromatic rings. The lowest BCUT2D eigenvalue weighted by Gasteiger charge is -2.10. The molecule has 0 aliphatic carbocycles. The summed E-state index contributed by atoms with van der Waals surface area (Å²) in [5.74, 6) is 0.430. The Bertz CT molecular complexity index is 910. The first-order valence-corrected chi connectivity index (χ1v) is 8.40. The Morgan fingerprint density at radius 1 is 1.38 bits per heavy atom. The number of nitriles is 1. The van der Waals surface area contributed by atoms with Crippen molar-refractivity contribution in [1.29, 1.82) is 5.26 Å². The fraction of sp³-hybridized carbons (Fsp3) is 0.238. The summed E-state index contributed by atoms with van der Waals surface area (Å²) >= 11 is 0. The van der Waals surface area contributed by atoms with E-state index in [1.54, 1.807) is 6.07 Å². The van der Waals surface area contributed by atoms with Gasteiger partial charge >= 0.3 is 0 Å². The highest BCUT2D eigenvalue weighted by molar-refractivity contribution is 6.14. The molecule has 0 unspecified atom stereocenters. The molecule has 26 heavy (non-hydrogen) atoms. The maximum absolute atomic E-state index is 13.1. The molecule has 4 nitrogen and oxygen atoms in total. The molecule has 2 aromatic carbocycles. The topological polar surface area (TPSA) is 59.3 Å². The Morgan fingerprint density at radius 3 is 2.77 bits per heavy atom. The van der Waals surface area contributed by atoms with Crippen molar-refractivity contribution in [3.63, 3.8) is 0 Å². The van der Waals surface area contributed by atoms with E-state index < -0.39 is 11.6 Å². The molecule has 0 amide bonds. The number of carbonyl (C=O) groups excluding carboxylic acids is 1. The summed E-state index contributed by atoms with van der Waals surface area (Å²) in [5.41, 5.74) is 1.85. The number of carbonyl (C=O) groups is 1. The maximum atomic E-state index is 13.1. The molecular formula is C21H18FNO3. The first kappa shape index (κ1) is 17.7. The summed E-state index contributed by atoms with van der Waals surface area (Å²) in [6.07, 6.45) is 2.36. The average Bonchev–Trinajstić information content (AvgIpc) is 2.98. The second-order valence-electron chi connectivity index (χ2n) is 6.07. The monoisotopic (exact) mass is 351 g/mol. The van der Waals surface area contributed by atoms with Crippen LogP contribution in [0.4, 0.5) is 4.39 Å². The average molecular weight is 351 g/mol. The zero-order valence-corrected chi connectivity index (χ0v) is 14.6.